The van der Waals surface area contributed by atoms with Crippen molar-refractivity contribution in [3.8, 4) is 23.0 Å². The van der Waals surface area contributed by atoms with Gasteiger partial charge in [-0.1, -0.05) is 6.07 Å². The van der Waals surface area contributed by atoms with Gasteiger partial charge in [-0.25, -0.2) is 0 Å². The maximum Gasteiger partial charge on any atom is 0.313 e. The predicted octanol–water partition coefficient (Wildman–Crippen LogP) is 1.51. The first kappa shape index (κ1) is 21.8. The van der Waals surface area contributed by atoms with E-state index in [2.05, 4.69) is 10.6 Å². The minimum absolute atomic E-state index is 0.170. The quantitative estimate of drug-likeness (QED) is 0.571. The Balaban J connectivity index is 1.99. The SMILES string of the molecule is COc1ccc(OC)c(NC(=O)C(=O)NCC(O)c2ccc(OC)c(OC)c2)c1. The minimum atomic E-state index is -1.04. The lowest BCUT2D eigenvalue weighted by Crippen LogP contribution is -2.37. The molecule has 2 aromatic carbocycles. The number of benzene rings is 2. The molecule has 0 spiro atoms. The van der Waals surface area contributed by atoms with Crippen molar-refractivity contribution in [2.24, 2.45) is 0 Å². The third-order valence-corrected chi connectivity index (χ3v) is 4.11. The molecular formula is C20H24N2O7. The normalized spacial score (nSPS) is 11.2. The number of carbonyl (C=O) groups is 2. The Hall–Kier alpha value is -3.46. The van der Waals surface area contributed by atoms with E-state index in [-0.39, 0.29) is 12.2 Å². The maximum absolute atomic E-state index is 12.2. The zero-order chi connectivity index (χ0) is 21.4. The van der Waals surface area contributed by atoms with Gasteiger partial charge in [0.25, 0.3) is 0 Å². The number of amides is 2. The van der Waals surface area contributed by atoms with Gasteiger partial charge in [-0.15, -0.1) is 0 Å². The summed E-state index contributed by atoms with van der Waals surface area (Å²) in [4.78, 5) is 24.3. The van der Waals surface area contributed by atoms with Crippen molar-refractivity contribution >= 4 is 17.5 Å². The third kappa shape index (κ3) is 5.52. The fourth-order valence-electron chi connectivity index (χ4n) is 2.54. The fourth-order valence-corrected chi connectivity index (χ4v) is 2.54. The number of methoxy groups -OCH3 is 4. The van der Waals surface area contributed by atoms with Crippen molar-refractivity contribution in [3.63, 3.8) is 0 Å². The van der Waals surface area contributed by atoms with E-state index < -0.39 is 17.9 Å². The Kier molecular flexibility index (Phi) is 7.67. The molecule has 0 saturated heterocycles. The first-order valence-electron chi connectivity index (χ1n) is 8.64. The van der Waals surface area contributed by atoms with Crippen LogP contribution in [0, 0.1) is 0 Å². The molecule has 0 aliphatic carbocycles. The van der Waals surface area contributed by atoms with Crippen molar-refractivity contribution in [2.45, 2.75) is 6.10 Å². The zero-order valence-corrected chi connectivity index (χ0v) is 16.6. The molecule has 0 saturated carbocycles. The average molecular weight is 404 g/mol. The highest BCUT2D eigenvalue weighted by molar-refractivity contribution is 6.39. The summed E-state index contributed by atoms with van der Waals surface area (Å²) in [7, 11) is 5.91. The van der Waals surface area contributed by atoms with Gasteiger partial charge >= 0.3 is 11.8 Å². The molecule has 0 aromatic heterocycles. The molecule has 1 unspecified atom stereocenters. The summed E-state index contributed by atoms with van der Waals surface area (Å²) in [5.74, 6) is 0.00509. The Morgan fingerprint density at radius 2 is 1.52 bits per heavy atom. The highest BCUT2D eigenvalue weighted by Gasteiger charge is 2.19. The highest BCUT2D eigenvalue weighted by atomic mass is 16.5. The molecule has 0 radical (unpaired) electrons. The number of hydrogen-bond donors (Lipinski definition) is 3. The number of aliphatic hydroxyl groups excluding tert-OH is 1. The lowest BCUT2D eigenvalue weighted by Gasteiger charge is -2.15. The zero-order valence-electron chi connectivity index (χ0n) is 16.6. The summed E-state index contributed by atoms with van der Waals surface area (Å²) in [6.07, 6.45) is -1.04. The van der Waals surface area contributed by atoms with Crippen molar-refractivity contribution in [1.29, 1.82) is 0 Å². The Bertz CT molecular complexity index is 870. The molecule has 0 bridgehead atoms. The first-order valence-corrected chi connectivity index (χ1v) is 8.64. The lowest BCUT2D eigenvalue weighted by atomic mass is 10.1. The molecule has 1 atom stereocenters. The van der Waals surface area contributed by atoms with Crippen LogP contribution in [0.15, 0.2) is 36.4 Å². The van der Waals surface area contributed by atoms with Crippen molar-refractivity contribution in [1.82, 2.24) is 5.32 Å². The van der Waals surface area contributed by atoms with Gasteiger partial charge in [-0.2, -0.15) is 0 Å². The van der Waals surface area contributed by atoms with Crippen LogP contribution in [0.25, 0.3) is 0 Å². The van der Waals surface area contributed by atoms with Crippen LogP contribution in [-0.2, 0) is 9.59 Å². The van der Waals surface area contributed by atoms with Gasteiger partial charge < -0.3 is 34.7 Å². The van der Waals surface area contributed by atoms with Crippen molar-refractivity contribution in [3.05, 3.63) is 42.0 Å². The van der Waals surface area contributed by atoms with Gasteiger partial charge in [0.2, 0.25) is 0 Å². The predicted molar refractivity (Wildman–Crippen MR) is 106 cm³/mol. The summed E-state index contributed by atoms with van der Waals surface area (Å²) < 4.78 is 20.6. The fraction of sp³-hybridized carbons (Fsp3) is 0.300. The first-order chi connectivity index (χ1) is 13.9. The van der Waals surface area contributed by atoms with Crippen LogP contribution in [0.4, 0.5) is 5.69 Å². The number of nitrogens with one attached hydrogen (secondary N) is 2. The van der Waals surface area contributed by atoms with E-state index in [4.69, 9.17) is 18.9 Å². The van der Waals surface area contributed by atoms with Crippen LogP contribution in [-0.4, -0.2) is 51.9 Å². The van der Waals surface area contributed by atoms with Crippen molar-refractivity contribution in [2.75, 3.05) is 40.3 Å². The number of ether oxygens (including phenoxy) is 4. The van der Waals surface area contributed by atoms with Crippen molar-refractivity contribution < 1.29 is 33.6 Å². The Morgan fingerprint density at radius 1 is 0.862 bits per heavy atom. The van der Waals surface area contributed by atoms with E-state index in [0.29, 0.717) is 28.6 Å². The molecule has 0 fully saturated rings. The molecule has 0 aliphatic rings. The van der Waals surface area contributed by atoms with Gasteiger partial charge in [-0.3, -0.25) is 9.59 Å². The van der Waals surface area contributed by atoms with Gasteiger partial charge in [0.1, 0.15) is 11.5 Å². The van der Waals surface area contributed by atoms with E-state index in [0.717, 1.165) is 0 Å². The van der Waals surface area contributed by atoms with Gasteiger partial charge in [0.05, 0.1) is 40.2 Å². The number of aliphatic hydroxyl groups is 1. The van der Waals surface area contributed by atoms with E-state index in [1.54, 1.807) is 30.3 Å². The summed E-state index contributed by atoms with van der Waals surface area (Å²) in [5.41, 5.74) is 0.783. The Morgan fingerprint density at radius 3 is 2.14 bits per heavy atom. The molecule has 2 amide bonds. The standard InChI is InChI=1S/C20H24N2O7/c1-26-13-6-8-16(27-2)14(10-13)22-20(25)19(24)21-11-15(23)12-5-7-17(28-3)18(9-12)29-4/h5-10,15,23H,11H2,1-4H3,(H,21,24)(H,22,25). The molecule has 156 valence electrons. The molecule has 0 heterocycles. The van der Waals surface area contributed by atoms with Crippen LogP contribution in [0.1, 0.15) is 11.7 Å². The van der Waals surface area contributed by atoms with Gasteiger partial charge in [-0.05, 0) is 29.8 Å². The topological polar surface area (TPSA) is 115 Å². The monoisotopic (exact) mass is 404 g/mol. The number of anilines is 1. The summed E-state index contributed by atoms with van der Waals surface area (Å²) in [6, 6.07) is 9.67. The average Bonchev–Trinajstić information content (AvgIpc) is 2.76. The molecule has 2 rings (SSSR count). The third-order valence-electron chi connectivity index (χ3n) is 4.11. The molecule has 29 heavy (non-hydrogen) atoms. The van der Waals surface area contributed by atoms with E-state index >= 15 is 0 Å². The van der Waals surface area contributed by atoms with Crippen LogP contribution < -0.4 is 29.6 Å². The summed E-state index contributed by atoms with van der Waals surface area (Å²) >= 11 is 0. The molecule has 0 aliphatic heterocycles. The lowest BCUT2D eigenvalue weighted by molar-refractivity contribution is -0.136. The van der Waals surface area contributed by atoms with Crippen LogP contribution >= 0.6 is 0 Å². The van der Waals surface area contributed by atoms with Crippen LogP contribution in [0.5, 0.6) is 23.0 Å². The molecule has 2 aromatic rings. The molecular weight excluding hydrogens is 380 g/mol. The summed E-state index contributed by atoms with van der Waals surface area (Å²) in [5, 5.41) is 15.1. The number of rotatable bonds is 8. The second-order valence-electron chi connectivity index (χ2n) is 5.86. The van der Waals surface area contributed by atoms with Gasteiger partial charge in [0, 0.05) is 12.6 Å². The number of hydrogen-bond acceptors (Lipinski definition) is 7. The number of carbonyl (C=O) groups excluding carboxylic acids is 2. The van der Waals surface area contributed by atoms with Crippen LogP contribution in [0.2, 0.25) is 0 Å². The molecule has 9 nitrogen and oxygen atoms in total. The largest absolute Gasteiger partial charge is 0.497 e. The maximum atomic E-state index is 12.2. The van der Waals surface area contributed by atoms with Crippen LogP contribution in [0.3, 0.4) is 0 Å². The second-order valence-corrected chi connectivity index (χ2v) is 5.86. The van der Waals surface area contributed by atoms with E-state index in [1.165, 1.54) is 34.5 Å². The Labute approximate surface area is 168 Å². The second kappa shape index (κ2) is 10.2. The summed E-state index contributed by atoms with van der Waals surface area (Å²) in [6.45, 7) is -0.170. The van der Waals surface area contributed by atoms with E-state index in [1.807, 2.05) is 0 Å². The molecule has 9 heteroatoms. The van der Waals surface area contributed by atoms with E-state index in [9.17, 15) is 14.7 Å². The molecule has 3 N–H and O–H groups in total. The smallest absolute Gasteiger partial charge is 0.313 e. The highest BCUT2D eigenvalue weighted by Crippen LogP contribution is 2.30. The van der Waals surface area contributed by atoms with Gasteiger partial charge in [0.15, 0.2) is 11.5 Å². The minimum Gasteiger partial charge on any atom is -0.497 e.